The second-order valence-corrected chi connectivity index (χ2v) is 5.54. The zero-order valence-electron chi connectivity index (χ0n) is 10.8. The number of halogens is 1. The lowest BCUT2D eigenvalue weighted by Gasteiger charge is -2.23. The summed E-state index contributed by atoms with van der Waals surface area (Å²) < 4.78 is 1.96. The van der Waals surface area contributed by atoms with Gasteiger partial charge in [0.2, 0.25) is 0 Å². The first-order valence-corrected chi connectivity index (χ1v) is 7.08. The molecule has 2 heterocycles. The molecule has 1 saturated heterocycles. The third-order valence-corrected chi connectivity index (χ3v) is 4.26. The Balaban J connectivity index is 2.21. The lowest BCUT2D eigenvalue weighted by Crippen LogP contribution is -2.39. The number of likely N-dealkylation sites (tertiary alicyclic amines) is 1. The third kappa shape index (κ3) is 2.53. The predicted molar refractivity (Wildman–Crippen MR) is 77.9 cm³/mol. The van der Waals surface area contributed by atoms with Gasteiger partial charge in [-0.25, -0.2) is 0 Å². The third-order valence-electron chi connectivity index (χ3n) is 3.50. The Kier molecular flexibility index (Phi) is 4.25. The fraction of sp³-hybridized carbons (Fsp3) is 0.667. The number of nitrogens with two attached hydrogens (primary N) is 1. The average Bonchev–Trinajstić information content (AvgIpc) is 2.89. The van der Waals surface area contributed by atoms with Crippen molar-refractivity contribution in [3.8, 4) is 0 Å². The van der Waals surface area contributed by atoms with E-state index in [4.69, 9.17) is 29.6 Å². The van der Waals surface area contributed by atoms with Crippen LogP contribution >= 0.6 is 23.8 Å². The Bertz CT molecular complexity index is 457. The number of hydrogen-bond acceptors (Lipinski definition) is 3. The molecule has 0 bridgehead atoms. The van der Waals surface area contributed by atoms with Crippen molar-refractivity contribution in [3.05, 3.63) is 16.4 Å². The predicted octanol–water partition coefficient (Wildman–Crippen LogP) is 2.12. The summed E-state index contributed by atoms with van der Waals surface area (Å²) in [5.41, 5.74) is 7.75. The molecule has 0 aliphatic carbocycles. The molecule has 2 rings (SSSR count). The van der Waals surface area contributed by atoms with Crippen LogP contribution in [0.2, 0.25) is 5.02 Å². The maximum Gasteiger partial charge on any atom is 0.0902 e. The molecule has 4 nitrogen and oxygen atoms in total. The number of aromatic nitrogens is 2. The Morgan fingerprint density at radius 2 is 2.33 bits per heavy atom. The van der Waals surface area contributed by atoms with Crippen molar-refractivity contribution in [1.29, 1.82) is 0 Å². The van der Waals surface area contributed by atoms with Gasteiger partial charge in [-0.3, -0.25) is 9.58 Å². The highest BCUT2D eigenvalue weighted by molar-refractivity contribution is 7.80. The van der Waals surface area contributed by atoms with Gasteiger partial charge in [-0.05, 0) is 33.2 Å². The summed E-state index contributed by atoms with van der Waals surface area (Å²) in [4.78, 5) is 2.89. The molecule has 1 fully saturated rings. The lowest BCUT2D eigenvalue weighted by atomic mass is 10.2. The molecule has 100 valence electrons. The van der Waals surface area contributed by atoms with Crippen molar-refractivity contribution >= 4 is 28.8 Å². The van der Waals surface area contributed by atoms with Crippen molar-refractivity contribution in [1.82, 2.24) is 14.7 Å². The van der Waals surface area contributed by atoms with Gasteiger partial charge in [0, 0.05) is 13.1 Å². The van der Waals surface area contributed by atoms with Crippen LogP contribution < -0.4 is 5.73 Å². The summed E-state index contributed by atoms with van der Waals surface area (Å²) in [6, 6.07) is 0.205. The van der Waals surface area contributed by atoms with Crippen LogP contribution in [-0.4, -0.2) is 32.3 Å². The van der Waals surface area contributed by atoms with E-state index in [0.29, 0.717) is 4.99 Å². The van der Waals surface area contributed by atoms with Crippen molar-refractivity contribution in [2.45, 2.75) is 45.8 Å². The molecule has 1 unspecified atom stereocenters. The molecular weight excluding hydrogens is 268 g/mol. The molecule has 0 aromatic carbocycles. The van der Waals surface area contributed by atoms with E-state index in [2.05, 4.69) is 16.9 Å². The summed E-state index contributed by atoms with van der Waals surface area (Å²) in [7, 11) is 0. The smallest absolute Gasteiger partial charge is 0.0902 e. The van der Waals surface area contributed by atoms with Crippen LogP contribution in [-0.2, 0) is 13.1 Å². The Labute approximate surface area is 118 Å². The number of hydrogen-bond donors (Lipinski definition) is 1. The number of thiocarbonyl (C=S) groups is 1. The highest BCUT2D eigenvalue weighted by atomic mass is 35.5. The van der Waals surface area contributed by atoms with Gasteiger partial charge < -0.3 is 5.73 Å². The molecule has 6 heteroatoms. The number of rotatable bonds is 4. The molecule has 1 aromatic heterocycles. The minimum absolute atomic E-state index is 0.205. The first-order chi connectivity index (χ1) is 8.54. The molecule has 1 aliphatic rings. The van der Waals surface area contributed by atoms with Gasteiger partial charge in [0.1, 0.15) is 0 Å². The van der Waals surface area contributed by atoms with E-state index in [-0.39, 0.29) is 6.04 Å². The maximum absolute atomic E-state index is 6.32. The Morgan fingerprint density at radius 1 is 1.61 bits per heavy atom. The van der Waals surface area contributed by atoms with E-state index in [1.165, 1.54) is 0 Å². The summed E-state index contributed by atoms with van der Waals surface area (Å²) >= 11 is 11.5. The molecule has 2 N–H and O–H groups in total. The van der Waals surface area contributed by atoms with Crippen LogP contribution in [0.5, 0.6) is 0 Å². The molecule has 0 radical (unpaired) electrons. The van der Waals surface area contributed by atoms with Crippen LogP contribution in [0.25, 0.3) is 0 Å². The zero-order valence-corrected chi connectivity index (χ0v) is 12.4. The van der Waals surface area contributed by atoms with Crippen molar-refractivity contribution < 1.29 is 0 Å². The number of aryl methyl sites for hydroxylation is 2. The Morgan fingerprint density at radius 3 is 2.94 bits per heavy atom. The van der Waals surface area contributed by atoms with Gasteiger partial charge in [-0.2, -0.15) is 5.10 Å². The topological polar surface area (TPSA) is 47.1 Å². The standard InChI is InChI=1S/C12H19ClN4S/c1-3-17-10(11(13)8(2)15-17)7-16-6-4-5-9(16)12(14)18/h9H,3-7H2,1-2H3,(H2,14,18). The van der Waals surface area contributed by atoms with Crippen molar-refractivity contribution in [2.75, 3.05) is 6.54 Å². The van der Waals surface area contributed by atoms with E-state index in [1.807, 2.05) is 11.6 Å². The summed E-state index contributed by atoms with van der Waals surface area (Å²) in [5.74, 6) is 0. The quantitative estimate of drug-likeness (QED) is 0.862. The van der Waals surface area contributed by atoms with Gasteiger partial charge in [0.15, 0.2) is 0 Å². The van der Waals surface area contributed by atoms with Gasteiger partial charge >= 0.3 is 0 Å². The molecule has 0 spiro atoms. The van der Waals surface area contributed by atoms with E-state index in [1.54, 1.807) is 0 Å². The van der Waals surface area contributed by atoms with E-state index in [0.717, 1.165) is 48.9 Å². The van der Waals surface area contributed by atoms with E-state index < -0.39 is 0 Å². The summed E-state index contributed by atoms with van der Waals surface area (Å²) in [6.07, 6.45) is 2.19. The van der Waals surface area contributed by atoms with Gasteiger partial charge in [0.05, 0.1) is 27.4 Å². The summed E-state index contributed by atoms with van der Waals surface area (Å²) in [6.45, 7) is 6.63. The van der Waals surface area contributed by atoms with Crippen LogP contribution in [0, 0.1) is 6.92 Å². The van der Waals surface area contributed by atoms with Gasteiger partial charge in [-0.15, -0.1) is 0 Å². The lowest BCUT2D eigenvalue weighted by molar-refractivity contribution is 0.285. The molecular formula is C12H19ClN4S. The van der Waals surface area contributed by atoms with Crippen molar-refractivity contribution in [3.63, 3.8) is 0 Å². The van der Waals surface area contributed by atoms with Crippen LogP contribution in [0.4, 0.5) is 0 Å². The SMILES string of the molecule is CCn1nc(C)c(Cl)c1CN1CCCC1C(N)=S. The van der Waals surface area contributed by atoms with Crippen LogP contribution in [0.3, 0.4) is 0 Å². The normalized spacial score (nSPS) is 20.5. The molecule has 18 heavy (non-hydrogen) atoms. The highest BCUT2D eigenvalue weighted by Crippen LogP contribution is 2.26. The monoisotopic (exact) mass is 286 g/mol. The average molecular weight is 287 g/mol. The fourth-order valence-electron chi connectivity index (χ4n) is 2.55. The maximum atomic E-state index is 6.32. The molecule has 1 atom stereocenters. The zero-order chi connectivity index (χ0) is 13.3. The van der Waals surface area contributed by atoms with E-state index >= 15 is 0 Å². The molecule has 0 saturated carbocycles. The second kappa shape index (κ2) is 5.55. The fourth-order valence-corrected chi connectivity index (χ4v) is 3.01. The first-order valence-electron chi connectivity index (χ1n) is 6.29. The van der Waals surface area contributed by atoms with Crippen LogP contribution in [0.1, 0.15) is 31.2 Å². The molecule has 1 aromatic rings. The number of nitrogens with zero attached hydrogens (tertiary/aromatic N) is 3. The first kappa shape index (κ1) is 13.8. The molecule has 1 aliphatic heterocycles. The highest BCUT2D eigenvalue weighted by Gasteiger charge is 2.28. The Hall–Kier alpha value is -0.650. The van der Waals surface area contributed by atoms with Crippen LogP contribution in [0.15, 0.2) is 0 Å². The van der Waals surface area contributed by atoms with Gasteiger partial charge in [0.25, 0.3) is 0 Å². The summed E-state index contributed by atoms with van der Waals surface area (Å²) in [5, 5.41) is 5.20. The minimum Gasteiger partial charge on any atom is -0.392 e. The second-order valence-electron chi connectivity index (χ2n) is 4.69. The van der Waals surface area contributed by atoms with Crippen molar-refractivity contribution in [2.24, 2.45) is 5.73 Å². The minimum atomic E-state index is 0.205. The van der Waals surface area contributed by atoms with E-state index in [9.17, 15) is 0 Å². The van der Waals surface area contributed by atoms with Gasteiger partial charge in [-0.1, -0.05) is 23.8 Å². The largest absolute Gasteiger partial charge is 0.392 e. The molecule has 0 amide bonds.